The molecule has 3 rings (SSSR count). The second-order valence-corrected chi connectivity index (χ2v) is 6.81. The van der Waals surface area contributed by atoms with Gasteiger partial charge >= 0.3 is 0 Å². The van der Waals surface area contributed by atoms with Crippen molar-refractivity contribution < 1.29 is 9.53 Å². The summed E-state index contributed by atoms with van der Waals surface area (Å²) >= 11 is 0. The Balaban J connectivity index is 1.47. The Morgan fingerprint density at radius 1 is 1.21 bits per heavy atom. The molecule has 24 heavy (non-hydrogen) atoms. The molecule has 1 aromatic rings. The Bertz CT molecular complexity index is 600. The first kappa shape index (κ1) is 16.8. The number of nitrogens with one attached hydrogen (secondary N) is 2. The summed E-state index contributed by atoms with van der Waals surface area (Å²) in [6.07, 6.45) is 8.77. The van der Waals surface area contributed by atoms with Crippen molar-refractivity contribution in [3.8, 4) is 5.75 Å². The van der Waals surface area contributed by atoms with E-state index in [1.807, 2.05) is 24.3 Å². The summed E-state index contributed by atoms with van der Waals surface area (Å²) in [7, 11) is 1.62. The van der Waals surface area contributed by atoms with Gasteiger partial charge in [0.2, 0.25) is 0 Å². The normalized spacial score (nSPS) is 25.0. The third-order valence-electron chi connectivity index (χ3n) is 5.25. The van der Waals surface area contributed by atoms with Crippen LogP contribution in [0.1, 0.15) is 44.9 Å². The van der Waals surface area contributed by atoms with Crippen molar-refractivity contribution in [2.24, 2.45) is 16.9 Å². The van der Waals surface area contributed by atoms with Crippen molar-refractivity contribution in [2.75, 3.05) is 19.0 Å². The SMILES string of the molecule is COc1ccccc1NCC(=O)N/N=C1/CC[C@H]2CCCC[C@H]2C1. The number of methoxy groups -OCH3 is 1. The number of rotatable bonds is 5. The molecule has 2 aliphatic rings. The Kier molecular flexibility index (Phi) is 5.72. The first-order valence-electron chi connectivity index (χ1n) is 8.97. The first-order chi connectivity index (χ1) is 11.8. The van der Waals surface area contributed by atoms with Gasteiger partial charge in [0, 0.05) is 5.71 Å². The monoisotopic (exact) mass is 329 g/mol. The van der Waals surface area contributed by atoms with Crippen LogP contribution >= 0.6 is 0 Å². The van der Waals surface area contributed by atoms with Crippen LogP contribution in [-0.4, -0.2) is 25.3 Å². The van der Waals surface area contributed by atoms with Crippen molar-refractivity contribution in [2.45, 2.75) is 44.9 Å². The van der Waals surface area contributed by atoms with Gasteiger partial charge < -0.3 is 10.1 Å². The molecule has 5 nitrogen and oxygen atoms in total. The maximum atomic E-state index is 12.0. The number of fused-ring (bicyclic) bond motifs is 1. The predicted octanol–water partition coefficient (Wildman–Crippen LogP) is 3.57. The molecule has 2 aliphatic carbocycles. The topological polar surface area (TPSA) is 62.7 Å². The van der Waals surface area contributed by atoms with Gasteiger partial charge in [0.25, 0.3) is 5.91 Å². The minimum Gasteiger partial charge on any atom is -0.495 e. The summed E-state index contributed by atoms with van der Waals surface area (Å²) in [6.45, 7) is 0.184. The van der Waals surface area contributed by atoms with Gasteiger partial charge in [0.05, 0.1) is 19.3 Å². The molecule has 0 aliphatic heterocycles. The minimum atomic E-state index is -0.126. The van der Waals surface area contributed by atoms with E-state index in [-0.39, 0.29) is 12.5 Å². The number of hydrogen-bond donors (Lipinski definition) is 2. The van der Waals surface area contributed by atoms with Crippen molar-refractivity contribution in [3.63, 3.8) is 0 Å². The van der Waals surface area contributed by atoms with Crippen LogP contribution in [0, 0.1) is 11.8 Å². The smallest absolute Gasteiger partial charge is 0.259 e. The molecule has 130 valence electrons. The van der Waals surface area contributed by atoms with Crippen LogP contribution in [0.3, 0.4) is 0 Å². The van der Waals surface area contributed by atoms with Crippen LogP contribution in [0.15, 0.2) is 29.4 Å². The van der Waals surface area contributed by atoms with Crippen LogP contribution in [0.25, 0.3) is 0 Å². The van der Waals surface area contributed by atoms with Crippen LogP contribution in [0.2, 0.25) is 0 Å². The van der Waals surface area contributed by atoms with E-state index in [2.05, 4.69) is 15.8 Å². The molecular weight excluding hydrogens is 302 g/mol. The third-order valence-corrected chi connectivity index (χ3v) is 5.25. The zero-order valence-corrected chi connectivity index (χ0v) is 14.4. The number of amides is 1. The van der Waals surface area contributed by atoms with Crippen molar-refractivity contribution in [1.29, 1.82) is 0 Å². The number of carbonyl (C=O) groups excluding carboxylic acids is 1. The molecule has 0 saturated heterocycles. The molecule has 0 spiro atoms. The van der Waals surface area contributed by atoms with E-state index < -0.39 is 0 Å². The molecule has 2 atom stereocenters. The van der Waals surface area contributed by atoms with E-state index >= 15 is 0 Å². The molecule has 2 saturated carbocycles. The van der Waals surface area contributed by atoms with Gasteiger partial charge in [-0.15, -0.1) is 0 Å². The summed E-state index contributed by atoms with van der Waals surface area (Å²) in [4.78, 5) is 12.0. The number of hydrogen-bond acceptors (Lipinski definition) is 4. The molecule has 0 unspecified atom stereocenters. The lowest BCUT2D eigenvalue weighted by molar-refractivity contribution is -0.119. The summed E-state index contributed by atoms with van der Waals surface area (Å²) in [6, 6.07) is 7.56. The lowest BCUT2D eigenvalue weighted by Gasteiger charge is -2.35. The van der Waals surface area contributed by atoms with Gasteiger partial charge in [-0.2, -0.15) is 5.10 Å². The molecule has 2 N–H and O–H groups in total. The van der Waals surface area contributed by atoms with E-state index in [4.69, 9.17) is 4.74 Å². The Morgan fingerprint density at radius 2 is 2.00 bits per heavy atom. The molecule has 5 heteroatoms. The van der Waals surface area contributed by atoms with Crippen LogP contribution in [0.4, 0.5) is 5.69 Å². The number of ether oxygens (including phenoxy) is 1. The summed E-state index contributed by atoms with van der Waals surface area (Å²) in [5.41, 5.74) is 4.67. The summed E-state index contributed by atoms with van der Waals surface area (Å²) < 4.78 is 5.26. The van der Waals surface area contributed by atoms with Crippen LogP contribution < -0.4 is 15.5 Å². The van der Waals surface area contributed by atoms with Gasteiger partial charge in [-0.05, 0) is 49.7 Å². The van der Waals surface area contributed by atoms with E-state index in [0.29, 0.717) is 0 Å². The molecule has 0 bridgehead atoms. The van der Waals surface area contributed by atoms with E-state index in [1.54, 1.807) is 7.11 Å². The van der Waals surface area contributed by atoms with E-state index in [1.165, 1.54) is 32.1 Å². The predicted molar refractivity (Wildman–Crippen MR) is 96.4 cm³/mol. The molecule has 1 aromatic carbocycles. The fourth-order valence-electron chi connectivity index (χ4n) is 3.94. The van der Waals surface area contributed by atoms with E-state index in [0.717, 1.165) is 41.8 Å². The second-order valence-electron chi connectivity index (χ2n) is 6.81. The Hall–Kier alpha value is -2.04. The van der Waals surface area contributed by atoms with E-state index in [9.17, 15) is 4.79 Å². The summed E-state index contributed by atoms with van der Waals surface area (Å²) in [5, 5.41) is 7.47. The fourth-order valence-corrected chi connectivity index (χ4v) is 3.94. The molecule has 1 amide bonds. The average molecular weight is 329 g/mol. The molecule has 2 fully saturated rings. The molecule has 0 heterocycles. The van der Waals surface area contributed by atoms with Crippen molar-refractivity contribution in [3.05, 3.63) is 24.3 Å². The first-order valence-corrected chi connectivity index (χ1v) is 8.97. The fraction of sp³-hybridized carbons (Fsp3) is 0.579. The standard InChI is InChI=1S/C19H27N3O2/c1-24-18-9-5-4-8-17(18)20-13-19(23)22-21-16-11-10-14-6-2-3-7-15(14)12-16/h4-5,8-9,14-15,20H,2-3,6-7,10-13H2,1H3,(H,22,23)/b21-16-/t14-,15+/m1/s1. The van der Waals surface area contributed by atoms with Crippen molar-refractivity contribution >= 4 is 17.3 Å². The molecule has 0 radical (unpaired) electrons. The average Bonchev–Trinajstić information content (AvgIpc) is 2.64. The summed E-state index contributed by atoms with van der Waals surface area (Å²) in [5.74, 6) is 2.28. The highest BCUT2D eigenvalue weighted by Crippen LogP contribution is 2.39. The lowest BCUT2D eigenvalue weighted by Crippen LogP contribution is -2.31. The minimum absolute atomic E-state index is 0.126. The molecular formula is C19H27N3O2. The second kappa shape index (κ2) is 8.18. The highest BCUT2D eigenvalue weighted by atomic mass is 16.5. The Morgan fingerprint density at radius 3 is 2.83 bits per heavy atom. The van der Waals surface area contributed by atoms with Crippen molar-refractivity contribution in [1.82, 2.24) is 5.43 Å². The van der Waals surface area contributed by atoms with Gasteiger partial charge in [-0.25, -0.2) is 5.43 Å². The lowest BCUT2D eigenvalue weighted by atomic mass is 9.70. The van der Waals surface area contributed by atoms with Gasteiger partial charge in [-0.1, -0.05) is 31.4 Å². The highest BCUT2D eigenvalue weighted by molar-refractivity contribution is 5.88. The van der Waals surface area contributed by atoms with Gasteiger partial charge in [-0.3, -0.25) is 4.79 Å². The number of para-hydroxylation sites is 2. The van der Waals surface area contributed by atoms with Crippen LogP contribution in [-0.2, 0) is 4.79 Å². The van der Waals surface area contributed by atoms with Gasteiger partial charge in [0.15, 0.2) is 0 Å². The van der Waals surface area contributed by atoms with Gasteiger partial charge in [0.1, 0.15) is 5.75 Å². The number of anilines is 1. The number of benzene rings is 1. The van der Waals surface area contributed by atoms with Crippen LogP contribution in [0.5, 0.6) is 5.75 Å². The quantitative estimate of drug-likeness (QED) is 0.812. The largest absolute Gasteiger partial charge is 0.495 e. The zero-order valence-electron chi connectivity index (χ0n) is 14.4. The highest BCUT2D eigenvalue weighted by Gasteiger charge is 2.30. The number of hydrazone groups is 1. The zero-order chi connectivity index (χ0) is 16.8. The Labute approximate surface area is 143 Å². The maximum Gasteiger partial charge on any atom is 0.259 e. The third kappa shape index (κ3) is 4.28. The number of nitrogens with zero attached hydrogens (tertiary/aromatic N) is 1. The number of carbonyl (C=O) groups is 1. The maximum absolute atomic E-state index is 12.0. The molecule has 0 aromatic heterocycles.